The summed E-state index contributed by atoms with van der Waals surface area (Å²) in [5.74, 6) is 0.858. The summed E-state index contributed by atoms with van der Waals surface area (Å²) in [6.07, 6.45) is 1.68. The third kappa shape index (κ3) is 9.59. The van der Waals surface area contributed by atoms with Crippen molar-refractivity contribution in [3.8, 4) is 0 Å². The van der Waals surface area contributed by atoms with Crippen LogP contribution < -0.4 is 15.4 Å². The predicted molar refractivity (Wildman–Crippen MR) is 105 cm³/mol. The zero-order valence-electron chi connectivity index (χ0n) is 13.0. The summed E-state index contributed by atoms with van der Waals surface area (Å²) >= 11 is 1.75. The highest BCUT2D eigenvalue weighted by Crippen LogP contribution is 2.07. The number of nitrogens with one attached hydrogen (secondary N) is 3. The molecule has 1 heterocycles. The fourth-order valence-electron chi connectivity index (χ4n) is 1.60. The minimum atomic E-state index is -3.09. The van der Waals surface area contributed by atoms with E-state index >= 15 is 0 Å². The average molecular weight is 460 g/mol. The molecule has 0 unspecified atom stereocenters. The molecule has 0 saturated carbocycles. The standard InChI is InChI=1S/C13H24N4O2S2.HI/c1-3-21(18,19)17-9-5-8-15-13(14-2)16-10-7-12-6-4-11-20-12;/h4,6,11,17H,3,5,7-10H2,1-2H3,(H2,14,15,16);1H. The molecule has 0 aromatic carbocycles. The Hall–Kier alpha value is -0.390. The second kappa shape index (κ2) is 12.1. The van der Waals surface area contributed by atoms with Crippen molar-refractivity contribution < 1.29 is 8.42 Å². The third-order valence-corrected chi connectivity index (χ3v) is 5.16. The Labute approximate surface area is 154 Å². The Morgan fingerprint density at radius 2 is 2.00 bits per heavy atom. The molecule has 0 radical (unpaired) electrons. The van der Waals surface area contributed by atoms with Gasteiger partial charge in [0.2, 0.25) is 10.0 Å². The largest absolute Gasteiger partial charge is 0.356 e. The lowest BCUT2D eigenvalue weighted by Gasteiger charge is -2.11. The molecular formula is C13H25IN4O2S2. The zero-order chi connectivity index (χ0) is 15.6. The van der Waals surface area contributed by atoms with E-state index in [1.165, 1.54) is 4.88 Å². The van der Waals surface area contributed by atoms with Gasteiger partial charge in [-0.3, -0.25) is 4.99 Å². The van der Waals surface area contributed by atoms with Gasteiger partial charge in [-0.2, -0.15) is 0 Å². The highest BCUT2D eigenvalue weighted by atomic mass is 127. The van der Waals surface area contributed by atoms with Gasteiger partial charge >= 0.3 is 0 Å². The SMILES string of the molecule is CCS(=O)(=O)NCCCNC(=NC)NCCc1cccs1.I. The Balaban J connectivity index is 0.00000441. The topological polar surface area (TPSA) is 82.6 Å². The molecule has 0 fully saturated rings. The molecule has 0 aliphatic heterocycles. The quantitative estimate of drug-likeness (QED) is 0.225. The van der Waals surface area contributed by atoms with Gasteiger partial charge in [-0.1, -0.05) is 6.07 Å². The van der Waals surface area contributed by atoms with Crippen molar-refractivity contribution in [1.82, 2.24) is 15.4 Å². The number of nitrogens with zero attached hydrogens (tertiary/aromatic N) is 1. The van der Waals surface area contributed by atoms with Gasteiger partial charge in [0.1, 0.15) is 0 Å². The Morgan fingerprint density at radius 1 is 1.27 bits per heavy atom. The first-order valence-electron chi connectivity index (χ1n) is 7.01. The van der Waals surface area contributed by atoms with Gasteiger partial charge < -0.3 is 10.6 Å². The van der Waals surface area contributed by atoms with Crippen LogP contribution in [0.5, 0.6) is 0 Å². The first-order valence-corrected chi connectivity index (χ1v) is 9.55. The van der Waals surface area contributed by atoms with Crippen LogP contribution in [0.2, 0.25) is 0 Å². The van der Waals surface area contributed by atoms with Crippen LogP contribution in [-0.4, -0.2) is 46.8 Å². The molecule has 1 rings (SSSR count). The van der Waals surface area contributed by atoms with E-state index < -0.39 is 10.0 Å². The predicted octanol–water partition coefficient (Wildman–Crippen LogP) is 1.40. The summed E-state index contributed by atoms with van der Waals surface area (Å²) in [5, 5.41) is 8.46. The lowest BCUT2D eigenvalue weighted by Crippen LogP contribution is -2.39. The van der Waals surface area contributed by atoms with Gasteiger partial charge in [-0.15, -0.1) is 35.3 Å². The maximum atomic E-state index is 11.2. The summed E-state index contributed by atoms with van der Waals surface area (Å²) in [7, 11) is -1.37. The maximum absolute atomic E-state index is 11.2. The molecular weight excluding hydrogens is 435 g/mol. The molecule has 0 spiro atoms. The summed E-state index contributed by atoms with van der Waals surface area (Å²) in [6.45, 7) is 3.56. The molecule has 0 aliphatic carbocycles. The minimum absolute atomic E-state index is 0. The van der Waals surface area contributed by atoms with Crippen LogP contribution >= 0.6 is 35.3 Å². The first-order chi connectivity index (χ1) is 10.1. The summed E-state index contributed by atoms with van der Waals surface area (Å²) < 4.78 is 25.0. The lowest BCUT2D eigenvalue weighted by atomic mass is 10.3. The van der Waals surface area contributed by atoms with Crippen molar-refractivity contribution in [2.24, 2.45) is 4.99 Å². The molecule has 0 bridgehead atoms. The number of hydrogen-bond acceptors (Lipinski definition) is 4. The van der Waals surface area contributed by atoms with Crippen LogP contribution in [0.1, 0.15) is 18.2 Å². The third-order valence-electron chi connectivity index (χ3n) is 2.82. The van der Waals surface area contributed by atoms with Crippen LogP contribution in [0, 0.1) is 0 Å². The number of thiophene rings is 1. The fraction of sp³-hybridized carbons (Fsp3) is 0.615. The number of hydrogen-bond donors (Lipinski definition) is 3. The van der Waals surface area contributed by atoms with Crippen molar-refractivity contribution >= 4 is 51.3 Å². The first kappa shape index (κ1) is 21.6. The van der Waals surface area contributed by atoms with Crippen LogP contribution in [0.3, 0.4) is 0 Å². The monoisotopic (exact) mass is 460 g/mol. The smallest absolute Gasteiger partial charge is 0.211 e. The van der Waals surface area contributed by atoms with E-state index in [1.807, 2.05) is 6.07 Å². The van der Waals surface area contributed by atoms with E-state index in [-0.39, 0.29) is 29.7 Å². The normalized spacial score (nSPS) is 11.8. The number of guanidine groups is 1. The van der Waals surface area contributed by atoms with Crippen LogP contribution in [0.4, 0.5) is 0 Å². The van der Waals surface area contributed by atoms with E-state index in [4.69, 9.17) is 0 Å². The highest BCUT2D eigenvalue weighted by molar-refractivity contribution is 14.0. The minimum Gasteiger partial charge on any atom is -0.356 e. The Morgan fingerprint density at radius 3 is 2.59 bits per heavy atom. The summed E-state index contributed by atoms with van der Waals surface area (Å²) in [4.78, 5) is 5.47. The van der Waals surface area contributed by atoms with Crippen molar-refractivity contribution in [3.05, 3.63) is 22.4 Å². The summed E-state index contributed by atoms with van der Waals surface area (Å²) in [5.41, 5.74) is 0. The lowest BCUT2D eigenvalue weighted by molar-refractivity contribution is 0.579. The number of sulfonamides is 1. The zero-order valence-corrected chi connectivity index (χ0v) is 16.9. The molecule has 1 aromatic rings. The molecule has 3 N–H and O–H groups in total. The molecule has 0 atom stereocenters. The van der Waals surface area contributed by atoms with Gasteiger partial charge in [0.25, 0.3) is 0 Å². The second-order valence-electron chi connectivity index (χ2n) is 4.41. The number of rotatable bonds is 9. The van der Waals surface area contributed by atoms with Gasteiger partial charge in [0.05, 0.1) is 5.75 Å². The van der Waals surface area contributed by atoms with Gasteiger partial charge in [0.15, 0.2) is 5.96 Å². The van der Waals surface area contributed by atoms with Gasteiger partial charge in [-0.25, -0.2) is 13.1 Å². The molecule has 9 heteroatoms. The van der Waals surface area contributed by atoms with Crippen molar-refractivity contribution in [3.63, 3.8) is 0 Å². The van der Waals surface area contributed by atoms with Gasteiger partial charge in [0, 0.05) is 31.6 Å². The Bertz CT molecular complexity index is 518. The van der Waals surface area contributed by atoms with E-state index in [1.54, 1.807) is 25.3 Å². The van der Waals surface area contributed by atoms with Crippen LogP contribution in [0.25, 0.3) is 0 Å². The van der Waals surface area contributed by atoms with Gasteiger partial charge in [-0.05, 0) is 31.2 Å². The van der Waals surface area contributed by atoms with E-state index in [9.17, 15) is 8.42 Å². The fourth-order valence-corrected chi connectivity index (χ4v) is 2.97. The molecule has 128 valence electrons. The van der Waals surface area contributed by atoms with Crippen molar-refractivity contribution in [1.29, 1.82) is 0 Å². The molecule has 0 saturated heterocycles. The number of halogens is 1. The average Bonchev–Trinajstić information content (AvgIpc) is 2.98. The highest BCUT2D eigenvalue weighted by Gasteiger charge is 2.04. The van der Waals surface area contributed by atoms with E-state index in [0.29, 0.717) is 19.5 Å². The van der Waals surface area contributed by atoms with Crippen molar-refractivity contribution in [2.75, 3.05) is 32.4 Å². The van der Waals surface area contributed by atoms with Crippen LogP contribution in [-0.2, 0) is 16.4 Å². The molecule has 0 aliphatic rings. The molecule has 22 heavy (non-hydrogen) atoms. The molecule has 6 nitrogen and oxygen atoms in total. The maximum Gasteiger partial charge on any atom is 0.211 e. The van der Waals surface area contributed by atoms with E-state index in [0.717, 1.165) is 18.9 Å². The summed E-state index contributed by atoms with van der Waals surface area (Å²) in [6, 6.07) is 4.16. The Kier molecular flexibility index (Phi) is 11.9. The molecule has 1 aromatic heterocycles. The van der Waals surface area contributed by atoms with Crippen molar-refractivity contribution in [2.45, 2.75) is 19.8 Å². The molecule has 0 amide bonds. The second-order valence-corrected chi connectivity index (χ2v) is 7.53. The number of aliphatic imine (C=N–C) groups is 1. The van der Waals surface area contributed by atoms with E-state index in [2.05, 4.69) is 31.8 Å². The van der Waals surface area contributed by atoms with Crippen LogP contribution in [0.15, 0.2) is 22.5 Å².